The van der Waals surface area contributed by atoms with E-state index in [0.29, 0.717) is 16.1 Å². The molecular weight excluding hydrogens is 573 g/mol. The number of hydrogen-bond acceptors (Lipinski definition) is 8. The third-order valence-electron chi connectivity index (χ3n) is 5.19. The number of halogens is 1. The first-order chi connectivity index (χ1) is 16.2. The number of phenolic OH excluding ortho intramolecular Hbond substituents is 1. The van der Waals surface area contributed by atoms with Gasteiger partial charge in [-0.05, 0) is 59.7 Å². The summed E-state index contributed by atoms with van der Waals surface area (Å²) in [5, 5.41) is 21.3. The average molecular weight is 591 g/mol. The minimum atomic E-state index is -0.729. The van der Waals surface area contributed by atoms with Crippen LogP contribution >= 0.6 is 33.9 Å². The van der Waals surface area contributed by atoms with Crippen LogP contribution in [0.3, 0.4) is 0 Å². The smallest absolute Gasteiger partial charge is 0.338 e. The van der Waals surface area contributed by atoms with Gasteiger partial charge in [0, 0.05) is 6.07 Å². The average Bonchev–Trinajstić information content (AvgIpc) is 3.10. The molecule has 1 aromatic heterocycles. The number of nitro benzene ring substituents is 1. The van der Waals surface area contributed by atoms with Crippen LogP contribution in [0.5, 0.6) is 5.75 Å². The summed E-state index contributed by atoms with van der Waals surface area (Å²) < 4.78 is 7.28. The predicted molar refractivity (Wildman–Crippen MR) is 134 cm³/mol. The molecule has 174 valence electrons. The zero-order chi connectivity index (χ0) is 24.6. The van der Waals surface area contributed by atoms with Gasteiger partial charge in [0.05, 0.1) is 36.9 Å². The molecular formula is C23H18IN3O6S. The molecule has 1 aliphatic rings. The molecule has 11 heteroatoms. The number of phenols is 1. The minimum Gasteiger partial charge on any atom is -0.501 e. The Morgan fingerprint density at radius 3 is 2.71 bits per heavy atom. The molecule has 0 bridgehead atoms. The van der Waals surface area contributed by atoms with Crippen molar-refractivity contribution in [3.8, 4) is 5.75 Å². The molecule has 1 unspecified atom stereocenters. The Bertz CT molecular complexity index is 1520. The Morgan fingerprint density at radius 1 is 1.35 bits per heavy atom. The number of hydrogen-bond donors (Lipinski definition) is 1. The van der Waals surface area contributed by atoms with Crippen LogP contribution < -0.4 is 14.9 Å². The van der Waals surface area contributed by atoms with Gasteiger partial charge in [0.15, 0.2) is 4.80 Å². The van der Waals surface area contributed by atoms with E-state index in [1.807, 2.05) is 30.3 Å². The third kappa shape index (κ3) is 4.28. The number of nitrogens with zero attached hydrogens (tertiary/aromatic N) is 3. The molecule has 3 aromatic rings. The first-order valence-electron chi connectivity index (χ1n) is 10.1. The number of allylic oxidation sites excluding steroid dienone is 1. The fourth-order valence-corrected chi connectivity index (χ4v) is 5.40. The van der Waals surface area contributed by atoms with Gasteiger partial charge in [-0.2, -0.15) is 0 Å². The van der Waals surface area contributed by atoms with Crippen molar-refractivity contribution >= 4 is 51.7 Å². The summed E-state index contributed by atoms with van der Waals surface area (Å²) in [7, 11) is 0. The zero-order valence-electron chi connectivity index (χ0n) is 18.0. The summed E-state index contributed by atoms with van der Waals surface area (Å²) >= 11 is 2.91. The highest BCUT2D eigenvalue weighted by Gasteiger charge is 2.33. The van der Waals surface area contributed by atoms with Gasteiger partial charge in [-0.3, -0.25) is 19.5 Å². The summed E-state index contributed by atoms with van der Waals surface area (Å²) in [5.41, 5.74) is 1.00. The lowest BCUT2D eigenvalue weighted by Gasteiger charge is -2.24. The number of fused-ring (bicyclic) bond motifs is 1. The number of esters is 1. The van der Waals surface area contributed by atoms with E-state index < -0.39 is 33.9 Å². The summed E-state index contributed by atoms with van der Waals surface area (Å²) in [5.74, 6) is -0.974. The first kappa shape index (κ1) is 23.8. The maximum absolute atomic E-state index is 13.5. The zero-order valence-corrected chi connectivity index (χ0v) is 21.0. The van der Waals surface area contributed by atoms with Gasteiger partial charge in [-0.25, -0.2) is 9.79 Å². The van der Waals surface area contributed by atoms with Crippen LogP contribution in [0.4, 0.5) is 5.69 Å². The molecule has 0 aliphatic carbocycles. The van der Waals surface area contributed by atoms with Gasteiger partial charge in [0.1, 0.15) is 0 Å². The minimum absolute atomic E-state index is 0.180. The molecule has 2 heterocycles. The maximum Gasteiger partial charge on any atom is 0.338 e. The van der Waals surface area contributed by atoms with Gasteiger partial charge in [0.2, 0.25) is 5.75 Å². The second kappa shape index (κ2) is 9.50. The van der Waals surface area contributed by atoms with Gasteiger partial charge in [0.25, 0.3) is 5.56 Å². The van der Waals surface area contributed by atoms with Crippen molar-refractivity contribution in [2.45, 2.75) is 19.9 Å². The molecule has 1 N–H and O–H groups in total. The Labute approximate surface area is 210 Å². The second-order valence-electron chi connectivity index (χ2n) is 7.34. The standard InChI is InChI=1S/C23H18IN3O6S/c1-3-33-22(30)18-12(2)25-23-26(19(18)14-7-5-4-6-8-14)21(29)17(34-23)11-13-9-15(24)20(28)16(10-13)27(31)32/h4-11,19,28H,3H2,1-2H3. The van der Waals surface area contributed by atoms with Gasteiger partial charge in [-0.15, -0.1) is 0 Å². The van der Waals surface area contributed by atoms with E-state index in [-0.39, 0.29) is 20.3 Å². The lowest BCUT2D eigenvalue weighted by atomic mass is 9.96. The van der Waals surface area contributed by atoms with Gasteiger partial charge < -0.3 is 9.84 Å². The molecule has 0 fully saturated rings. The number of benzene rings is 2. The Kier molecular flexibility index (Phi) is 6.66. The summed E-state index contributed by atoms with van der Waals surface area (Å²) in [6.07, 6.45) is 1.52. The van der Waals surface area contributed by atoms with Gasteiger partial charge >= 0.3 is 11.7 Å². The van der Waals surface area contributed by atoms with Crippen LogP contribution in [0.15, 0.2) is 63.5 Å². The molecule has 0 saturated carbocycles. The van der Waals surface area contributed by atoms with Crippen molar-refractivity contribution in [3.63, 3.8) is 0 Å². The summed E-state index contributed by atoms with van der Waals surface area (Å²) in [6, 6.07) is 11.2. The Balaban J connectivity index is 1.96. The lowest BCUT2D eigenvalue weighted by molar-refractivity contribution is -0.386. The number of carbonyl (C=O) groups excluding carboxylic acids is 1. The molecule has 2 aromatic carbocycles. The molecule has 0 amide bonds. The van der Waals surface area contributed by atoms with Crippen LogP contribution in [-0.4, -0.2) is 27.2 Å². The molecule has 1 aliphatic heterocycles. The predicted octanol–water partition coefficient (Wildman–Crippen LogP) is 3.02. The molecule has 4 rings (SSSR count). The van der Waals surface area contributed by atoms with Crippen LogP contribution in [0.2, 0.25) is 0 Å². The fourth-order valence-electron chi connectivity index (χ4n) is 3.72. The van der Waals surface area contributed by atoms with E-state index in [0.717, 1.165) is 16.9 Å². The first-order valence-corrected chi connectivity index (χ1v) is 12.0. The number of nitro groups is 1. The van der Waals surface area contributed by atoms with E-state index in [1.165, 1.54) is 16.7 Å². The lowest BCUT2D eigenvalue weighted by Crippen LogP contribution is -2.39. The second-order valence-corrected chi connectivity index (χ2v) is 9.51. The molecule has 1 atom stereocenters. The largest absolute Gasteiger partial charge is 0.501 e. The fraction of sp³-hybridized carbons (Fsp3) is 0.174. The summed E-state index contributed by atoms with van der Waals surface area (Å²) in [6.45, 7) is 3.59. The quantitative estimate of drug-likeness (QED) is 0.211. The number of carbonyl (C=O) groups is 1. The van der Waals surface area contributed by atoms with E-state index >= 15 is 0 Å². The van der Waals surface area contributed by atoms with Crippen molar-refractivity contribution in [1.29, 1.82) is 0 Å². The van der Waals surface area contributed by atoms with Gasteiger partial charge in [-0.1, -0.05) is 41.7 Å². The van der Waals surface area contributed by atoms with Crippen molar-refractivity contribution < 1.29 is 19.6 Å². The molecule has 34 heavy (non-hydrogen) atoms. The highest BCUT2D eigenvalue weighted by molar-refractivity contribution is 14.1. The van der Waals surface area contributed by atoms with Crippen molar-refractivity contribution in [2.24, 2.45) is 4.99 Å². The summed E-state index contributed by atoms with van der Waals surface area (Å²) in [4.78, 5) is 41.9. The van der Waals surface area contributed by atoms with E-state index in [9.17, 15) is 24.8 Å². The number of aromatic hydroxyl groups is 1. The highest BCUT2D eigenvalue weighted by atomic mass is 127. The SMILES string of the molecule is CCOC(=O)C1=C(C)N=c2sc(=Cc3cc(I)c(O)c([N+](=O)[O-])c3)c(=O)n2C1c1ccccc1. The molecule has 0 radical (unpaired) electrons. The van der Waals surface area contributed by atoms with E-state index in [1.54, 1.807) is 42.5 Å². The maximum atomic E-state index is 13.5. The number of thiazole rings is 1. The molecule has 9 nitrogen and oxygen atoms in total. The third-order valence-corrected chi connectivity index (χ3v) is 7.00. The number of ether oxygens (including phenoxy) is 1. The number of rotatable bonds is 5. The van der Waals surface area contributed by atoms with E-state index in [4.69, 9.17) is 4.74 Å². The topological polar surface area (TPSA) is 124 Å². The highest BCUT2D eigenvalue weighted by Crippen LogP contribution is 2.33. The van der Waals surface area contributed by atoms with E-state index in [2.05, 4.69) is 4.99 Å². The Hall–Kier alpha value is -3.32. The van der Waals surface area contributed by atoms with Crippen molar-refractivity contribution in [3.05, 3.63) is 98.2 Å². The molecule has 0 spiro atoms. The Morgan fingerprint density at radius 2 is 2.06 bits per heavy atom. The number of aromatic nitrogens is 1. The normalized spacial score (nSPS) is 15.6. The van der Waals surface area contributed by atoms with Crippen LogP contribution in [0.25, 0.3) is 6.08 Å². The monoisotopic (exact) mass is 591 g/mol. The van der Waals surface area contributed by atoms with Crippen molar-refractivity contribution in [2.75, 3.05) is 6.61 Å². The van der Waals surface area contributed by atoms with Crippen molar-refractivity contribution in [1.82, 2.24) is 4.57 Å². The van der Waals surface area contributed by atoms with Crippen LogP contribution in [-0.2, 0) is 9.53 Å². The molecule has 0 saturated heterocycles. The van der Waals surface area contributed by atoms with Crippen LogP contribution in [0, 0.1) is 13.7 Å². The van der Waals surface area contributed by atoms with Crippen LogP contribution in [0.1, 0.15) is 31.0 Å².